The van der Waals surface area contributed by atoms with Gasteiger partial charge in [0.25, 0.3) is 10.0 Å². The van der Waals surface area contributed by atoms with Crippen molar-refractivity contribution in [3.63, 3.8) is 0 Å². The van der Waals surface area contributed by atoms with Crippen LogP contribution in [0.4, 0.5) is 0 Å². The summed E-state index contributed by atoms with van der Waals surface area (Å²) >= 11 is 0. The molecule has 0 radical (unpaired) electrons. The molecule has 154 valence electrons. The van der Waals surface area contributed by atoms with Crippen LogP contribution in [0.5, 0.6) is 0 Å². The Balaban J connectivity index is 0.000000406. The summed E-state index contributed by atoms with van der Waals surface area (Å²) in [7, 11) is -3.66. The molecule has 0 fully saturated rings. The number of aldehydes is 1. The van der Waals surface area contributed by atoms with E-state index in [4.69, 9.17) is 5.84 Å². The van der Waals surface area contributed by atoms with Crippen molar-refractivity contribution < 1.29 is 13.2 Å². The summed E-state index contributed by atoms with van der Waals surface area (Å²) < 4.78 is 24.6. The molecule has 0 aliphatic rings. The second-order valence-corrected chi connectivity index (χ2v) is 9.29. The molecule has 5 nitrogen and oxygen atoms in total. The summed E-state index contributed by atoms with van der Waals surface area (Å²) in [5, 5.41) is 0. The first-order valence-corrected chi connectivity index (χ1v) is 10.9. The van der Waals surface area contributed by atoms with Crippen LogP contribution in [0.1, 0.15) is 86.3 Å². The zero-order valence-corrected chi connectivity index (χ0v) is 18.4. The summed E-state index contributed by atoms with van der Waals surface area (Å²) in [6.45, 7) is 12.2. The maximum Gasteiger partial charge on any atom is 0.253 e. The number of sulfonamides is 1. The van der Waals surface area contributed by atoms with Gasteiger partial charge in [-0.2, -0.15) is 4.83 Å². The molecule has 3 N–H and O–H groups in total. The van der Waals surface area contributed by atoms with Crippen molar-refractivity contribution in [1.29, 1.82) is 0 Å². The molecule has 6 heteroatoms. The average molecular weight is 405 g/mol. The fourth-order valence-electron chi connectivity index (χ4n) is 2.79. The Morgan fingerprint density at radius 2 is 1.32 bits per heavy atom. The number of hydrogen-bond donors (Lipinski definition) is 2. The van der Waals surface area contributed by atoms with Gasteiger partial charge >= 0.3 is 0 Å². The predicted octanol–water partition coefficient (Wildman–Crippen LogP) is 4.71. The van der Waals surface area contributed by atoms with Crippen molar-refractivity contribution in [1.82, 2.24) is 4.83 Å². The minimum absolute atomic E-state index is 0.115. The molecule has 2 rings (SSSR count). The summed E-state index contributed by atoms with van der Waals surface area (Å²) in [5.41, 5.74) is 3.55. The summed E-state index contributed by atoms with van der Waals surface area (Å²) in [6.07, 6.45) is 0.833. The molecule has 0 aliphatic heterocycles. The second-order valence-electron chi connectivity index (χ2n) is 7.64. The van der Waals surface area contributed by atoms with Gasteiger partial charge in [-0.1, -0.05) is 84.0 Å². The van der Waals surface area contributed by atoms with E-state index in [9.17, 15) is 13.2 Å². The molecular weight excluding hydrogens is 372 g/mol. The van der Waals surface area contributed by atoms with E-state index in [2.05, 4.69) is 13.8 Å². The molecule has 0 saturated heterocycles. The highest BCUT2D eigenvalue weighted by atomic mass is 32.2. The van der Waals surface area contributed by atoms with E-state index in [0.717, 1.165) is 28.5 Å². The van der Waals surface area contributed by atoms with Crippen LogP contribution in [0.2, 0.25) is 0 Å². The Kier molecular flexibility index (Phi) is 9.01. The van der Waals surface area contributed by atoms with E-state index in [1.165, 1.54) is 0 Å². The lowest BCUT2D eigenvalue weighted by Gasteiger charge is -2.22. The van der Waals surface area contributed by atoms with Crippen LogP contribution < -0.4 is 10.7 Å². The number of carbonyl (C=O) groups is 1. The Morgan fingerprint density at radius 1 is 0.857 bits per heavy atom. The van der Waals surface area contributed by atoms with Gasteiger partial charge in [0.2, 0.25) is 0 Å². The monoisotopic (exact) mass is 404 g/mol. The lowest BCUT2D eigenvalue weighted by molar-refractivity contribution is 0.112. The van der Waals surface area contributed by atoms with Crippen LogP contribution in [0.15, 0.2) is 47.4 Å². The van der Waals surface area contributed by atoms with Crippen LogP contribution in [0.25, 0.3) is 0 Å². The van der Waals surface area contributed by atoms with Gasteiger partial charge < -0.3 is 0 Å². The van der Waals surface area contributed by atoms with E-state index < -0.39 is 10.0 Å². The van der Waals surface area contributed by atoms with Gasteiger partial charge in [0, 0.05) is 5.56 Å². The third-order valence-corrected chi connectivity index (χ3v) is 5.76. The number of carbonyl (C=O) groups excluding carboxylic acids is 1. The standard InChI is InChI=1S/C15H26N2O2S.C7H6O/c1-9(2)12-7-13(10(3)4)15(20(18,19)17-16)14(8-12)11(5)6;8-6-7-4-2-1-3-5-7/h7-11,17H,16H2,1-6H3;1-6H. The topological polar surface area (TPSA) is 89.3 Å². The van der Waals surface area contributed by atoms with Crippen molar-refractivity contribution in [2.75, 3.05) is 0 Å². The number of rotatable bonds is 6. The molecule has 0 heterocycles. The van der Waals surface area contributed by atoms with Crippen molar-refractivity contribution >= 4 is 16.3 Å². The predicted molar refractivity (Wildman–Crippen MR) is 115 cm³/mol. The lowest BCUT2D eigenvalue weighted by Crippen LogP contribution is -2.32. The highest BCUT2D eigenvalue weighted by molar-refractivity contribution is 7.89. The molecule has 0 spiro atoms. The quantitative estimate of drug-likeness (QED) is 0.414. The summed E-state index contributed by atoms with van der Waals surface area (Å²) in [4.78, 5) is 12.3. The number of benzene rings is 2. The zero-order valence-electron chi connectivity index (χ0n) is 17.6. The van der Waals surface area contributed by atoms with Crippen LogP contribution in [-0.2, 0) is 10.0 Å². The van der Waals surface area contributed by atoms with Crippen molar-refractivity contribution in [2.45, 2.75) is 64.2 Å². The normalized spacial score (nSPS) is 11.5. The number of nitrogens with two attached hydrogens (primary N) is 1. The van der Waals surface area contributed by atoms with Gasteiger partial charge in [-0.15, -0.1) is 0 Å². The molecule has 0 atom stereocenters. The van der Waals surface area contributed by atoms with Gasteiger partial charge in [0.1, 0.15) is 6.29 Å². The Morgan fingerprint density at radius 3 is 1.61 bits per heavy atom. The maximum atomic E-state index is 12.3. The van der Waals surface area contributed by atoms with Crippen LogP contribution in [-0.4, -0.2) is 14.7 Å². The fraction of sp³-hybridized carbons (Fsp3) is 0.409. The molecular formula is C22H32N2O3S. The van der Waals surface area contributed by atoms with E-state index in [-0.39, 0.29) is 11.8 Å². The molecule has 28 heavy (non-hydrogen) atoms. The van der Waals surface area contributed by atoms with E-state index >= 15 is 0 Å². The second kappa shape index (κ2) is 10.5. The van der Waals surface area contributed by atoms with Gasteiger partial charge in [-0.3, -0.25) is 10.6 Å². The largest absolute Gasteiger partial charge is 0.298 e. The first-order valence-electron chi connectivity index (χ1n) is 9.45. The third kappa shape index (κ3) is 6.26. The highest BCUT2D eigenvalue weighted by Crippen LogP contribution is 2.34. The van der Waals surface area contributed by atoms with Gasteiger partial charge in [0.15, 0.2) is 0 Å². The number of hydrazine groups is 1. The number of nitrogens with one attached hydrogen (secondary N) is 1. The van der Waals surface area contributed by atoms with E-state index in [1.54, 1.807) is 12.1 Å². The first kappa shape index (κ1) is 24.0. The van der Waals surface area contributed by atoms with Crippen LogP contribution >= 0.6 is 0 Å². The lowest BCUT2D eigenvalue weighted by atomic mass is 9.89. The zero-order chi connectivity index (χ0) is 21.5. The van der Waals surface area contributed by atoms with Gasteiger partial charge in [-0.25, -0.2) is 8.42 Å². The molecule has 0 aliphatic carbocycles. The van der Waals surface area contributed by atoms with Crippen LogP contribution in [0, 0.1) is 0 Å². The Bertz CT molecular complexity index is 845. The SMILES string of the molecule is CC(C)c1cc(C(C)C)c(S(=O)(=O)NN)c(C(C)C)c1.O=Cc1ccccc1. The fourth-order valence-corrected chi connectivity index (χ4v) is 4.12. The summed E-state index contributed by atoms with van der Waals surface area (Å²) in [6, 6.07) is 13.1. The van der Waals surface area contributed by atoms with Crippen LogP contribution in [0.3, 0.4) is 0 Å². The molecule has 0 aromatic heterocycles. The minimum Gasteiger partial charge on any atom is -0.298 e. The van der Waals surface area contributed by atoms with Gasteiger partial charge in [0.05, 0.1) is 4.90 Å². The Hall–Kier alpha value is -2.02. The van der Waals surface area contributed by atoms with Crippen molar-refractivity contribution in [3.05, 3.63) is 64.7 Å². The molecule has 2 aromatic carbocycles. The first-order chi connectivity index (χ1) is 13.0. The Labute approximate surface area is 169 Å². The van der Waals surface area contributed by atoms with Crippen molar-refractivity contribution in [2.24, 2.45) is 5.84 Å². The average Bonchev–Trinajstić information content (AvgIpc) is 2.67. The summed E-state index contributed by atoms with van der Waals surface area (Å²) in [5.74, 6) is 5.82. The molecule has 0 saturated carbocycles. The smallest absolute Gasteiger partial charge is 0.253 e. The van der Waals surface area contributed by atoms with E-state index in [1.807, 2.05) is 62.9 Å². The number of hydrogen-bond acceptors (Lipinski definition) is 4. The van der Waals surface area contributed by atoms with Crippen molar-refractivity contribution in [3.8, 4) is 0 Å². The third-order valence-electron chi connectivity index (χ3n) is 4.44. The molecule has 0 bridgehead atoms. The minimum atomic E-state index is -3.66. The molecule has 0 unspecified atom stereocenters. The van der Waals surface area contributed by atoms with Gasteiger partial charge in [-0.05, 0) is 34.4 Å². The highest BCUT2D eigenvalue weighted by Gasteiger charge is 2.25. The molecule has 2 aromatic rings. The maximum absolute atomic E-state index is 12.3. The molecule has 0 amide bonds. The van der Waals surface area contributed by atoms with E-state index in [0.29, 0.717) is 10.8 Å².